The summed E-state index contributed by atoms with van der Waals surface area (Å²) in [5, 5.41) is 3.25. The molecule has 1 heterocycles. The van der Waals surface area contributed by atoms with E-state index in [1.165, 1.54) is 12.1 Å². The highest BCUT2D eigenvalue weighted by Crippen LogP contribution is 2.21. The van der Waals surface area contributed by atoms with E-state index in [4.69, 9.17) is 0 Å². The summed E-state index contributed by atoms with van der Waals surface area (Å²) in [6, 6.07) is 10.7. The van der Waals surface area contributed by atoms with Crippen LogP contribution < -0.4 is 5.32 Å². The number of rotatable bonds is 2. The molecule has 0 atom stereocenters. The second kappa shape index (κ2) is 4.77. The zero-order chi connectivity index (χ0) is 14.1. The van der Waals surface area contributed by atoms with Crippen molar-refractivity contribution < 1.29 is 13.6 Å². The van der Waals surface area contributed by atoms with E-state index in [0.29, 0.717) is 11.1 Å². The van der Waals surface area contributed by atoms with E-state index in [2.05, 4.69) is 10.3 Å². The maximum Gasteiger partial charge on any atom is 0.257 e. The van der Waals surface area contributed by atoms with Crippen molar-refractivity contribution in [3.63, 3.8) is 0 Å². The molecule has 0 unspecified atom stereocenters. The second-order valence-corrected chi connectivity index (χ2v) is 4.30. The fourth-order valence-electron chi connectivity index (χ4n) is 2.06. The molecule has 0 aliphatic rings. The van der Waals surface area contributed by atoms with Gasteiger partial charge in [-0.15, -0.1) is 0 Å². The Hall–Kier alpha value is -2.69. The van der Waals surface area contributed by atoms with Crippen molar-refractivity contribution in [1.82, 2.24) is 4.98 Å². The highest BCUT2D eigenvalue weighted by atomic mass is 19.2. The SMILES string of the molecule is O=C(Nc1cccc(F)c1F)c1cccc2cc[nH]c12. The Morgan fingerprint density at radius 3 is 2.70 bits per heavy atom. The summed E-state index contributed by atoms with van der Waals surface area (Å²) in [4.78, 5) is 15.1. The van der Waals surface area contributed by atoms with Crippen LogP contribution in [0.4, 0.5) is 14.5 Å². The summed E-state index contributed by atoms with van der Waals surface area (Å²) in [6.07, 6.45) is 1.71. The van der Waals surface area contributed by atoms with E-state index in [-0.39, 0.29) is 5.69 Å². The summed E-state index contributed by atoms with van der Waals surface area (Å²) < 4.78 is 26.6. The first-order valence-corrected chi connectivity index (χ1v) is 5.98. The zero-order valence-corrected chi connectivity index (χ0v) is 10.3. The van der Waals surface area contributed by atoms with E-state index < -0.39 is 17.5 Å². The number of benzene rings is 2. The number of aromatic nitrogens is 1. The number of halogens is 2. The molecule has 2 N–H and O–H groups in total. The van der Waals surface area contributed by atoms with Crippen molar-refractivity contribution in [2.24, 2.45) is 0 Å². The molecule has 3 rings (SSSR count). The number of aromatic amines is 1. The third-order valence-electron chi connectivity index (χ3n) is 3.03. The quantitative estimate of drug-likeness (QED) is 0.734. The molecular formula is C15H10F2N2O. The zero-order valence-electron chi connectivity index (χ0n) is 10.3. The Bertz CT molecular complexity index is 795. The normalized spacial score (nSPS) is 10.7. The molecule has 100 valence electrons. The van der Waals surface area contributed by atoms with Gasteiger partial charge in [0.2, 0.25) is 0 Å². The highest BCUT2D eigenvalue weighted by molar-refractivity contribution is 6.12. The van der Waals surface area contributed by atoms with Gasteiger partial charge in [-0.3, -0.25) is 4.79 Å². The first-order valence-electron chi connectivity index (χ1n) is 5.98. The first kappa shape index (κ1) is 12.3. The van der Waals surface area contributed by atoms with Gasteiger partial charge in [0.1, 0.15) is 0 Å². The van der Waals surface area contributed by atoms with E-state index in [0.717, 1.165) is 11.5 Å². The third-order valence-corrected chi connectivity index (χ3v) is 3.03. The number of carbonyl (C=O) groups excluding carboxylic acids is 1. The molecule has 0 bridgehead atoms. The van der Waals surface area contributed by atoms with Gasteiger partial charge in [-0.1, -0.05) is 18.2 Å². The number of H-pyrrole nitrogens is 1. The monoisotopic (exact) mass is 272 g/mol. The number of nitrogens with one attached hydrogen (secondary N) is 2. The van der Waals surface area contributed by atoms with Crippen LogP contribution in [0.2, 0.25) is 0 Å². The molecule has 20 heavy (non-hydrogen) atoms. The van der Waals surface area contributed by atoms with E-state index >= 15 is 0 Å². The van der Waals surface area contributed by atoms with Crippen molar-refractivity contribution >= 4 is 22.5 Å². The highest BCUT2D eigenvalue weighted by Gasteiger charge is 2.14. The average molecular weight is 272 g/mol. The summed E-state index contributed by atoms with van der Waals surface area (Å²) in [5.41, 5.74) is 0.844. The predicted octanol–water partition coefficient (Wildman–Crippen LogP) is 3.70. The molecule has 2 aromatic carbocycles. The van der Waals surface area contributed by atoms with Gasteiger partial charge in [-0.2, -0.15) is 0 Å². The van der Waals surface area contributed by atoms with Crippen molar-refractivity contribution in [2.75, 3.05) is 5.32 Å². The number of fused-ring (bicyclic) bond motifs is 1. The van der Waals surface area contributed by atoms with Gasteiger partial charge < -0.3 is 10.3 Å². The van der Waals surface area contributed by atoms with Gasteiger partial charge in [-0.05, 0) is 24.3 Å². The third kappa shape index (κ3) is 2.03. The van der Waals surface area contributed by atoms with E-state index in [9.17, 15) is 13.6 Å². The molecule has 1 amide bonds. The van der Waals surface area contributed by atoms with Gasteiger partial charge in [-0.25, -0.2) is 8.78 Å². The summed E-state index contributed by atoms with van der Waals surface area (Å²) in [7, 11) is 0. The van der Waals surface area contributed by atoms with Crippen LogP contribution in [0.15, 0.2) is 48.7 Å². The number of para-hydroxylation sites is 1. The Morgan fingerprint density at radius 2 is 1.85 bits per heavy atom. The minimum Gasteiger partial charge on any atom is -0.361 e. The lowest BCUT2D eigenvalue weighted by molar-refractivity contribution is 0.102. The van der Waals surface area contributed by atoms with Gasteiger partial charge in [0.05, 0.1) is 16.8 Å². The molecule has 1 aromatic heterocycles. The first-order chi connectivity index (χ1) is 9.66. The Balaban J connectivity index is 1.97. The Morgan fingerprint density at radius 1 is 1.05 bits per heavy atom. The van der Waals surface area contributed by atoms with Crippen LogP contribution in [0.25, 0.3) is 10.9 Å². The lowest BCUT2D eigenvalue weighted by atomic mass is 10.1. The second-order valence-electron chi connectivity index (χ2n) is 4.30. The number of anilines is 1. The van der Waals surface area contributed by atoms with Gasteiger partial charge in [0.25, 0.3) is 5.91 Å². The lowest BCUT2D eigenvalue weighted by Gasteiger charge is -2.07. The maximum atomic E-state index is 13.5. The van der Waals surface area contributed by atoms with Gasteiger partial charge in [0.15, 0.2) is 11.6 Å². The molecule has 0 spiro atoms. The molecule has 0 saturated carbocycles. The molecule has 5 heteroatoms. The summed E-state index contributed by atoms with van der Waals surface area (Å²) >= 11 is 0. The fourth-order valence-corrected chi connectivity index (χ4v) is 2.06. The van der Waals surface area contributed by atoms with E-state index in [1.54, 1.807) is 18.3 Å². The smallest absolute Gasteiger partial charge is 0.257 e. The molecule has 0 radical (unpaired) electrons. The van der Waals surface area contributed by atoms with Crippen molar-refractivity contribution in [1.29, 1.82) is 0 Å². The van der Waals surface area contributed by atoms with E-state index in [1.807, 2.05) is 12.1 Å². The topological polar surface area (TPSA) is 44.9 Å². The molecule has 0 aliphatic carbocycles. The van der Waals surface area contributed by atoms with Crippen LogP contribution in [0.5, 0.6) is 0 Å². The van der Waals surface area contributed by atoms with Crippen molar-refractivity contribution in [2.45, 2.75) is 0 Å². The minimum atomic E-state index is -1.07. The largest absolute Gasteiger partial charge is 0.361 e. The molecule has 0 saturated heterocycles. The van der Waals surface area contributed by atoms with Crippen molar-refractivity contribution in [3.8, 4) is 0 Å². The summed E-state index contributed by atoms with van der Waals surface area (Å²) in [5.74, 6) is -2.57. The maximum absolute atomic E-state index is 13.5. The lowest BCUT2D eigenvalue weighted by Crippen LogP contribution is -2.14. The van der Waals surface area contributed by atoms with Crippen molar-refractivity contribution in [3.05, 3.63) is 65.9 Å². The Labute approximate surface area is 113 Å². The fraction of sp³-hybridized carbons (Fsp3) is 0. The number of hydrogen-bond acceptors (Lipinski definition) is 1. The minimum absolute atomic E-state index is 0.182. The van der Waals surface area contributed by atoms with Crippen LogP contribution in [0.1, 0.15) is 10.4 Å². The molecule has 0 aliphatic heterocycles. The molecule has 3 nitrogen and oxygen atoms in total. The average Bonchev–Trinajstić information content (AvgIpc) is 2.92. The number of amides is 1. The van der Waals surface area contributed by atoms with Crippen LogP contribution in [0.3, 0.4) is 0 Å². The number of hydrogen-bond donors (Lipinski definition) is 2. The molecule has 0 fully saturated rings. The van der Waals surface area contributed by atoms with Crippen LogP contribution in [-0.4, -0.2) is 10.9 Å². The van der Waals surface area contributed by atoms with Crippen LogP contribution in [0, 0.1) is 11.6 Å². The van der Waals surface area contributed by atoms with Gasteiger partial charge in [0, 0.05) is 11.6 Å². The van der Waals surface area contributed by atoms with Gasteiger partial charge >= 0.3 is 0 Å². The number of carbonyl (C=O) groups is 1. The van der Waals surface area contributed by atoms with Crippen LogP contribution >= 0.6 is 0 Å². The standard InChI is InChI=1S/C15H10F2N2O/c16-11-5-2-6-12(13(11)17)19-15(20)10-4-1-3-9-7-8-18-14(9)10/h1-8,18H,(H,19,20). The molecule has 3 aromatic rings. The predicted molar refractivity (Wildman–Crippen MR) is 72.6 cm³/mol. The van der Waals surface area contributed by atoms with Crippen LogP contribution in [-0.2, 0) is 0 Å². The Kier molecular flexibility index (Phi) is 2.95. The molecular weight excluding hydrogens is 262 g/mol. The summed E-state index contributed by atoms with van der Waals surface area (Å²) in [6.45, 7) is 0.